The molecule has 0 heterocycles. The average molecular weight is 386 g/mol. The standard InChI is InChI=1S/C9H15NO6S.C8H11N/c1-3-5-10(8-15-6-4-2)17(13,14)16-9(12)7-11;1-6-4-3-5-7(2)8(6)9/h2,11H,3,5-8H2,1H3;3-5H,9H2,1-2H3. The number of aliphatic hydroxyl groups excluding tert-OH is 1. The van der Waals surface area contributed by atoms with Crippen LogP contribution < -0.4 is 5.73 Å². The Labute approximate surface area is 155 Å². The topological polar surface area (TPSA) is 119 Å². The molecule has 1 aromatic carbocycles. The second kappa shape index (κ2) is 12.3. The Morgan fingerprint density at radius 1 is 1.35 bits per heavy atom. The molecule has 0 spiro atoms. The van der Waals surface area contributed by atoms with Gasteiger partial charge in [0.2, 0.25) is 0 Å². The maximum absolute atomic E-state index is 11.5. The molecule has 0 aromatic heterocycles. The number of carbonyl (C=O) groups excluding carboxylic acids is 1. The number of hydrogen-bond acceptors (Lipinski definition) is 7. The van der Waals surface area contributed by atoms with Crippen LogP contribution in [0.25, 0.3) is 0 Å². The molecule has 0 aliphatic carbocycles. The Morgan fingerprint density at radius 2 is 1.92 bits per heavy atom. The number of nitrogens with two attached hydrogens (primary N) is 1. The first-order chi connectivity index (χ1) is 12.2. The number of para-hydroxylation sites is 1. The molecule has 1 aromatic rings. The van der Waals surface area contributed by atoms with Crippen molar-refractivity contribution >= 4 is 22.0 Å². The Morgan fingerprint density at radius 3 is 2.35 bits per heavy atom. The second-order valence-electron chi connectivity index (χ2n) is 5.23. The zero-order chi connectivity index (χ0) is 20.2. The Hall–Kier alpha value is -2.12. The van der Waals surface area contributed by atoms with E-state index in [1.54, 1.807) is 6.92 Å². The number of benzene rings is 1. The molecular weight excluding hydrogens is 360 g/mol. The first-order valence-corrected chi connectivity index (χ1v) is 9.22. The van der Waals surface area contributed by atoms with Crippen molar-refractivity contribution in [3.8, 4) is 12.3 Å². The van der Waals surface area contributed by atoms with Crippen molar-refractivity contribution in [3.05, 3.63) is 29.3 Å². The van der Waals surface area contributed by atoms with Gasteiger partial charge in [0.15, 0.2) is 0 Å². The lowest BCUT2D eigenvalue weighted by molar-refractivity contribution is -0.137. The number of rotatable bonds is 8. The summed E-state index contributed by atoms with van der Waals surface area (Å²) >= 11 is 0. The van der Waals surface area contributed by atoms with E-state index in [4.69, 9.17) is 22.0 Å². The van der Waals surface area contributed by atoms with Gasteiger partial charge in [-0.15, -0.1) is 10.7 Å². The number of terminal acetylenes is 1. The third-order valence-electron chi connectivity index (χ3n) is 3.08. The molecule has 8 nitrogen and oxygen atoms in total. The van der Waals surface area contributed by atoms with Gasteiger partial charge < -0.3 is 19.8 Å². The minimum atomic E-state index is -4.25. The van der Waals surface area contributed by atoms with E-state index in [0.717, 1.165) is 21.1 Å². The molecule has 0 bridgehead atoms. The van der Waals surface area contributed by atoms with Crippen molar-refractivity contribution in [3.63, 3.8) is 0 Å². The number of anilines is 1. The fraction of sp³-hybridized carbons (Fsp3) is 0.471. The molecule has 0 aliphatic heterocycles. The zero-order valence-corrected chi connectivity index (χ0v) is 16.1. The van der Waals surface area contributed by atoms with Crippen LogP contribution >= 0.6 is 0 Å². The maximum Gasteiger partial charge on any atom is 0.389 e. The summed E-state index contributed by atoms with van der Waals surface area (Å²) in [5, 5.41) is 8.41. The van der Waals surface area contributed by atoms with Gasteiger partial charge in [0.05, 0.1) is 0 Å². The molecule has 0 atom stereocenters. The molecule has 146 valence electrons. The summed E-state index contributed by atoms with van der Waals surface area (Å²) in [5.41, 5.74) is 8.92. The van der Waals surface area contributed by atoms with Gasteiger partial charge in [-0.25, -0.2) is 4.79 Å². The summed E-state index contributed by atoms with van der Waals surface area (Å²) in [6, 6.07) is 6.05. The first-order valence-electron chi connectivity index (χ1n) is 7.85. The highest BCUT2D eigenvalue weighted by Crippen LogP contribution is 2.13. The van der Waals surface area contributed by atoms with E-state index in [0.29, 0.717) is 6.42 Å². The van der Waals surface area contributed by atoms with E-state index in [1.165, 1.54) is 0 Å². The summed E-state index contributed by atoms with van der Waals surface area (Å²) in [5.74, 6) is 0.930. The largest absolute Gasteiger partial charge is 0.398 e. The Bertz CT molecular complexity index is 692. The molecule has 3 N–H and O–H groups in total. The molecule has 0 saturated heterocycles. The van der Waals surface area contributed by atoms with E-state index >= 15 is 0 Å². The lowest BCUT2D eigenvalue weighted by Crippen LogP contribution is -2.37. The van der Waals surface area contributed by atoms with Crippen LogP contribution in [0.3, 0.4) is 0 Å². The van der Waals surface area contributed by atoms with Gasteiger partial charge in [0, 0.05) is 12.2 Å². The molecule has 1 rings (SSSR count). The van der Waals surface area contributed by atoms with Gasteiger partial charge in [-0.1, -0.05) is 31.0 Å². The SMILES string of the molecule is C#CCOCN(CCC)S(=O)(=O)OC(=O)CO.Cc1cccc(C)c1N. The highest BCUT2D eigenvalue weighted by atomic mass is 32.2. The van der Waals surface area contributed by atoms with Gasteiger partial charge in [-0.2, -0.15) is 8.42 Å². The number of ether oxygens (including phenoxy) is 1. The fourth-order valence-electron chi connectivity index (χ4n) is 1.72. The predicted molar refractivity (Wildman–Crippen MR) is 99.1 cm³/mol. The summed E-state index contributed by atoms with van der Waals surface area (Å²) in [6.45, 7) is 4.53. The van der Waals surface area contributed by atoms with Crippen molar-refractivity contribution < 1.29 is 27.2 Å². The zero-order valence-electron chi connectivity index (χ0n) is 15.3. The molecule has 9 heteroatoms. The quantitative estimate of drug-likeness (QED) is 0.296. The molecule has 0 unspecified atom stereocenters. The monoisotopic (exact) mass is 386 g/mol. The fourth-order valence-corrected chi connectivity index (χ4v) is 2.72. The van der Waals surface area contributed by atoms with Gasteiger partial charge in [0.1, 0.15) is 19.9 Å². The number of aliphatic hydroxyl groups is 1. The molecule has 0 radical (unpaired) electrons. The van der Waals surface area contributed by atoms with Gasteiger partial charge in [0.25, 0.3) is 0 Å². The summed E-state index contributed by atoms with van der Waals surface area (Å²) < 4.78 is 32.8. The van der Waals surface area contributed by atoms with Crippen molar-refractivity contribution in [2.75, 3.05) is 32.2 Å². The normalized spacial score (nSPS) is 10.6. The van der Waals surface area contributed by atoms with Crippen LogP contribution in [0.1, 0.15) is 24.5 Å². The van der Waals surface area contributed by atoms with Gasteiger partial charge in [-0.3, -0.25) is 0 Å². The van der Waals surface area contributed by atoms with Crippen molar-refractivity contribution in [2.45, 2.75) is 27.2 Å². The molecule has 0 aliphatic rings. The van der Waals surface area contributed by atoms with Crippen LogP contribution in [0.4, 0.5) is 5.69 Å². The third kappa shape index (κ3) is 8.82. The number of carbonyl (C=O) groups is 1. The van der Waals surface area contributed by atoms with E-state index in [9.17, 15) is 13.2 Å². The van der Waals surface area contributed by atoms with Crippen LogP contribution in [0, 0.1) is 26.2 Å². The van der Waals surface area contributed by atoms with E-state index < -0.39 is 22.9 Å². The molecule has 0 amide bonds. The van der Waals surface area contributed by atoms with Crippen LogP contribution in [-0.4, -0.2) is 50.3 Å². The Kier molecular flexibility index (Phi) is 11.3. The van der Waals surface area contributed by atoms with Crippen LogP contribution in [0.5, 0.6) is 0 Å². The van der Waals surface area contributed by atoms with Gasteiger partial charge >= 0.3 is 16.3 Å². The third-order valence-corrected chi connectivity index (χ3v) is 4.40. The lowest BCUT2D eigenvalue weighted by Gasteiger charge is -2.19. The van der Waals surface area contributed by atoms with E-state index in [2.05, 4.69) is 10.1 Å². The molecule has 0 fully saturated rings. The molecule has 0 saturated carbocycles. The lowest BCUT2D eigenvalue weighted by atomic mass is 10.1. The van der Waals surface area contributed by atoms with E-state index in [-0.39, 0.29) is 19.9 Å². The molecule has 26 heavy (non-hydrogen) atoms. The smallest absolute Gasteiger partial charge is 0.389 e. The predicted octanol–water partition coefficient (Wildman–Crippen LogP) is 0.972. The highest BCUT2D eigenvalue weighted by molar-refractivity contribution is 7.84. The minimum Gasteiger partial charge on any atom is -0.398 e. The number of hydrogen-bond donors (Lipinski definition) is 2. The average Bonchev–Trinajstić information content (AvgIpc) is 2.59. The van der Waals surface area contributed by atoms with Crippen LogP contribution in [-0.2, 0) is 24.0 Å². The van der Waals surface area contributed by atoms with Crippen molar-refractivity contribution in [1.29, 1.82) is 0 Å². The van der Waals surface area contributed by atoms with Crippen LogP contribution in [0.2, 0.25) is 0 Å². The van der Waals surface area contributed by atoms with Crippen LogP contribution in [0.15, 0.2) is 18.2 Å². The maximum atomic E-state index is 11.5. The minimum absolute atomic E-state index is 0.0519. The Balaban J connectivity index is 0.000000577. The van der Waals surface area contributed by atoms with Crippen molar-refractivity contribution in [2.24, 2.45) is 0 Å². The highest BCUT2D eigenvalue weighted by Gasteiger charge is 2.25. The van der Waals surface area contributed by atoms with Gasteiger partial charge in [-0.05, 0) is 31.4 Å². The summed E-state index contributed by atoms with van der Waals surface area (Å²) in [7, 11) is -4.25. The van der Waals surface area contributed by atoms with Crippen molar-refractivity contribution in [1.82, 2.24) is 4.31 Å². The summed E-state index contributed by atoms with van der Waals surface area (Å²) in [6.07, 6.45) is 5.45. The first kappa shape index (κ1) is 23.9. The van der Waals surface area contributed by atoms with E-state index in [1.807, 2.05) is 32.0 Å². The number of aryl methyl sites for hydroxylation is 2. The summed E-state index contributed by atoms with van der Waals surface area (Å²) in [4.78, 5) is 10.7. The molecular formula is C17H26N2O6S. The number of nitrogens with zero attached hydrogens (tertiary/aromatic N) is 1. The second-order valence-corrected chi connectivity index (χ2v) is 6.77. The number of nitrogen functional groups attached to an aromatic ring is 1.